The van der Waals surface area contributed by atoms with Gasteiger partial charge >= 0.3 is 0 Å². The maximum atomic E-state index is 13.5. The molecule has 4 nitrogen and oxygen atoms in total. The van der Waals surface area contributed by atoms with Crippen molar-refractivity contribution in [3.8, 4) is 5.75 Å². The second-order valence-electron chi connectivity index (χ2n) is 8.02. The van der Waals surface area contributed by atoms with E-state index in [-0.39, 0.29) is 11.9 Å². The fourth-order valence-electron chi connectivity index (χ4n) is 4.54. The highest BCUT2D eigenvalue weighted by atomic mass is 35.5. The van der Waals surface area contributed by atoms with Gasteiger partial charge in [0.15, 0.2) is 0 Å². The Labute approximate surface area is 196 Å². The standard InChI is InChI=1S/C26H22Cl2N2O2/c1-32-20-9-4-17(5-10-20)26-25-21(22-15-19(28)8-11-23(22)29-25)12-13-30(26)24(31)14-16-2-6-18(27)7-3-16/h2-11,15,26,29H,12-14H2,1H3. The Hall–Kier alpha value is -2.95. The van der Waals surface area contributed by atoms with E-state index in [0.29, 0.717) is 23.0 Å². The summed E-state index contributed by atoms with van der Waals surface area (Å²) < 4.78 is 5.34. The van der Waals surface area contributed by atoms with Gasteiger partial charge in [-0.05, 0) is 65.6 Å². The van der Waals surface area contributed by atoms with Gasteiger partial charge in [0.2, 0.25) is 5.91 Å². The van der Waals surface area contributed by atoms with Crippen molar-refractivity contribution in [1.29, 1.82) is 0 Å². The van der Waals surface area contributed by atoms with E-state index in [9.17, 15) is 4.79 Å². The number of methoxy groups -OCH3 is 1. The number of rotatable bonds is 4. The molecule has 32 heavy (non-hydrogen) atoms. The van der Waals surface area contributed by atoms with Gasteiger partial charge in [-0.1, -0.05) is 47.5 Å². The Bertz CT molecular complexity index is 1280. The lowest BCUT2D eigenvalue weighted by molar-refractivity contribution is -0.132. The number of fused-ring (bicyclic) bond motifs is 3. The van der Waals surface area contributed by atoms with E-state index in [1.807, 2.05) is 71.6 Å². The van der Waals surface area contributed by atoms with Gasteiger partial charge < -0.3 is 14.6 Å². The molecular weight excluding hydrogens is 443 g/mol. The molecule has 1 aliphatic heterocycles. The van der Waals surface area contributed by atoms with Crippen LogP contribution < -0.4 is 4.74 Å². The second kappa shape index (κ2) is 8.53. The quantitative estimate of drug-likeness (QED) is 0.390. The smallest absolute Gasteiger partial charge is 0.227 e. The first-order valence-electron chi connectivity index (χ1n) is 10.5. The van der Waals surface area contributed by atoms with E-state index >= 15 is 0 Å². The molecule has 1 aliphatic rings. The van der Waals surface area contributed by atoms with Crippen LogP contribution in [0.2, 0.25) is 10.0 Å². The van der Waals surface area contributed by atoms with Gasteiger partial charge in [0.25, 0.3) is 0 Å². The van der Waals surface area contributed by atoms with Crippen molar-refractivity contribution >= 4 is 40.0 Å². The van der Waals surface area contributed by atoms with Crippen LogP contribution in [0.15, 0.2) is 66.7 Å². The minimum Gasteiger partial charge on any atom is -0.497 e. The topological polar surface area (TPSA) is 45.3 Å². The number of aromatic amines is 1. The van der Waals surface area contributed by atoms with Crippen LogP contribution >= 0.6 is 23.2 Å². The van der Waals surface area contributed by atoms with Crippen molar-refractivity contribution < 1.29 is 9.53 Å². The van der Waals surface area contributed by atoms with Gasteiger partial charge in [-0.25, -0.2) is 0 Å². The van der Waals surface area contributed by atoms with Crippen LogP contribution in [0.25, 0.3) is 10.9 Å². The van der Waals surface area contributed by atoms with E-state index in [1.165, 1.54) is 5.56 Å². The van der Waals surface area contributed by atoms with Crippen LogP contribution in [0.3, 0.4) is 0 Å². The first-order chi connectivity index (χ1) is 15.5. The van der Waals surface area contributed by atoms with Crippen LogP contribution in [-0.2, 0) is 17.6 Å². The number of nitrogens with zero attached hydrogens (tertiary/aromatic N) is 1. The minimum absolute atomic E-state index is 0.0791. The molecule has 3 aromatic carbocycles. The highest BCUT2D eigenvalue weighted by Gasteiger charge is 2.34. The van der Waals surface area contributed by atoms with Crippen molar-refractivity contribution in [1.82, 2.24) is 9.88 Å². The average molecular weight is 465 g/mol. The van der Waals surface area contributed by atoms with Crippen molar-refractivity contribution in [2.75, 3.05) is 13.7 Å². The number of ether oxygens (including phenoxy) is 1. The number of benzene rings is 3. The molecule has 0 saturated heterocycles. The molecule has 0 aliphatic carbocycles. The Kier molecular flexibility index (Phi) is 5.58. The van der Waals surface area contributed by atoms with Crippen molar-refractivity contribution in [2.45, 2.75) is 18.9 Å². The molecule has 6 heteroatoms. The SMILES string of the molecule is COc1ccc(C2c3[nH]c4ccc(Cl)cc4c3CCN2C(=O)Cc2ccc(Cl)cc2)cc1. The predicted octanol–water partition coefficient (Wildman–Crippen LogP) is 6.20. The van der Waals surface area contributed by atoms with Crippen molar-refractivity contribution in [3.63, 3.8) is 0 Å². The van der Waals surface area contributed by atoms with E-state index in [0.717, 1.165) is 39.9 Å². The zero-order valence-corrected chi connectivity index (χ0v) is 19.1. The fraction of sp³-hybridized carbons (Fsp3) is 0.192. The van der Waals surface area contributed by atoms with Gasteiger partial charge in [-0.3, -0.25) is 4.79 Å². The summed E-state index contributed by atoms with van der Waals surface area (Å²) in [5.41, 5.74) is 5.28. The maximum absolute atomic E-state index is 13.5. The minimum atomic E-state index is -0.212. The summed E-state index contributed by atoms with van der Waals surface area (Å²) >= 11 is 12.3. The highest BCUT2D eigenvalue weighted by Crippen LogP contribution is 2.39. The third kappa shape index (κ3) is 3.85. The first kappa shape index (κ1) is 20.9. The summed E-state index contributed by atoms with van der Waals surface area (Å²) in [6, 6.07) is 21.1. The number of hydrogen-bond donors (Lipinski definition) is 1. The van der Waals surface area contributed by atoms with Crippen LogP contribution in [0, 0.1) is 0 Å². The molecule has 1 aromatic heterocycles. The molecule has 0 radical (unpaired) electrons. The zero-order chi connectivity index (χ0) is 22.2. The Morgan fingerprint density at radius 1 is 1.03 bits per heavy atom. The number of aromatic nitrogens is 1. The average Bonchev–Trinajstić information content (AvgIpc) is 3.18. The van der Waals surface area contributed by atoms with Crippen molar-refractivity contribution in [2.24, 2.45) is 0 Å². The molecule has 0 fully saturated rings. The largest absolute Gasteiger partial charge is 0.497 e. The Balaban J connectivity index is 1.57. The number of nitrogens with one attached hydrogen (secondary N) is 1. The lowest BCUT2D eigenvalue weighted by Crippen LogP contribution is -2.41. The van der Waals surface area contributed by atoms with E-state index in [2.05, 4.69) is 4.98 Å². The summed E-state index contributed by atoms with van der Waals surface area (Å²) in [5.74, 6) is 0.864. The molecule has 1 unspecified atom stereocenters. The zero-order valence-electron chi connectivity index (χ0n) is 17.6. The summed E-state index contributed by atoms with van der Waals surface area (Å²) in [6.45, 7) is 0.635. The third-order valence-corrected chi connectivity index (χ3v) is 6.60. The van der Waals surface area contributed by atoms with Crippen LogP contribution in [0.4, 0.5) is 0 Å². The van der Waals surface area contributed by atoms with Crippen LogP contribution in [0.5, 0.6) is 5.75 Å². The van der Waals surface area contributed by atoms with Gasteiger partial charge in [0.05, 0.1) is 19.6 Å². The molecule has 1 atom stereocenters. The number of carbonyl (C=O) groups is 1. The summed E-state index contributed by atoms with van der Waals surface area (Å²) in [7, 11) is 1.65. The van der Waals surface area contributed by atoms with E-state index in [1.54, 1.807) is 7.11 Å². The van der Waals surface area contributed by atoms with Gasteiger partial charge in [0, 0.05) is 33.2 Å². The molecule has 162 valence electrons. The first-order valence-corrected chi connectivity index (χ1v) is 11.3. The molecule has 0 spiro atoms. The van der Waals surface area contributed by atoms with E-state index < -0.39 is 0 Å². The summed E-state index contributed by atoms with van der Waals surface area (Å²) in [4.78, 5) is 19.0. The predicted molar refractivity (Wildman–Crippen MR) is 129 cm³/mol. The number of halogens is 2. The monoisotopic (exact) mass is 464 g/mol. The number of hydrogen-bond acceptors (Lipinski definition) is 2. The normalized spacial score (nSPS) is 15.6. The van der Waals surface area contributed by atoms with E-state index in [4.69, 9.17) is 27.9 Å². The molecule has 1 N–H and O–H groups in total. The Morgan fingerprint density at radius 3 is 2.47 bits per heavy atom. The number of H-pyrrole nitrogens is 1. The molecule has 5 rings (SSSR count). The summed E-state index contributed by atoms with van der Waals surface area (Å²) in [6.07, 6.45) is 1.10. The second-order valence-corrected chi connectivity index (χ2v) is 8.90. The van der Waals surface area contributed by atoms with Crippen molar-refractivity contribution in [3.05, 3.63) is 99.2 Å². The molecule has 0 saturated carbocycles. The molecule has 0 bridgehead atoms. The number of carbonyl (C=O) groups excluding carboxylic acids is 1. The molecule has 2 heterocycles. The van der Waals surface area contributed by atoms with Gasteiger partial charge in [0.1, 0.15) is 5.75 Å². The number of amides is 1. The lowest BCUT2D eigenvalue weighted by Gasteiger charge is -2.36. The van der Waals surface area contributed by atoms with Crippen LogP contribution in [0.1, 0.15) is 28.4 Å². The third-order valence-electron chi connectivity index (χ3n) is 6.11. The highest BCUT2D eigenvalue weighted by molar-refractivity contribution is 6.31. The maximum Gasteiger partial charge on any atom is 0.227 e. The fourth-order valence-corrected chi connectivity index (χ4v) is 4.84. The molecule has 1 amide bonds. The lowest BCUT2D eigenvalue weighted by atomic mass is 9.91. The van der Waals surface area contributed by atoms with Gasteiger partial charge in [-0.15, -0.1) is 0 Å². The Morgan fingerprint density at radius 2 is 1.75 bits per heavy atom. The molecular formula is C26H22Cl2N2O2. The molecule has 4 aromatic rings. The van der Waals surface area contributed by atoms with Gasteiger partial charge in [-0.2, -0.15) is 0 Å². The van der Waals surface area contributed by atoms with Crippen LogP contribution in [-0.4, -0.2) is 29.4 Å². The summed E-state index contributed by atoms with van der Waals surface area (Å²) in [5, 5.41) is 2.49.